The summed E-state index contributed by atoms with van der Waals surface area (Å²) < 4.78 is 44.9. The van der Waals surface area contributed by atoms with Crippen LogP contribution in [0.3, 0.4) is 0 Å². The maximum atomic E-state index is 13.3. The Morgan fingerprint density at radius 2 is 1.83 bits per heavy atom. The molecule has 0 aliphatic rings. The Bertz CT molecular complexity index is 667. The molecular formula is C16H16F3NO3. The number of halogens is 3. The molecule has 0 fully saturated rings. The van der Waals surface area contributed by atoms with Gasteiger partial charge in [-0.15, -0.1) is 0 Å². The lowest BCUT2D eigenvalue weighted by atomic mass is 9.89. The van der Waals surface area contributed by atoms with E-state index < -0.39 is 24.1 Å². The average molecular weight is 327 g/mol. The molecule has 1 aromatic heterocycles. The van der Waals surface area contributed by atoms with E-state index in [1.165, 1.54) is 30.3 Å². The molecule has 1 heterocycles. The molecule has 2 rings (SSSR count). The van der Waals surface area contributed by atoms with Crippen LogP contribution < -0.4 is 5.32 Å². The fourth-order valence-corrected chi connectivity index (χ4v) is 2.16. The van der Waals surface area contributed by atoms with Crippen molar-refractivity contribution in [1.29, 1.82) is 0 Å². The van der Waals surface area contributed by atoms with Gasteiger partial charge in [0.2, 0.25) is 0 Å². The number of aryl methyl sites for hydroxylation is 1. The van der Waals surface area contributed by atoms with Crippen molar-refractivity contribution in [3.05, 3.63) is 59.5 Å². The van der Waals surface area contributed by atoms with Gasteiger partial charge in [-0.05, 0) is 24.6 Å². The van der Waals surface area contributed by atoms with Gasteiger partial charge in [0.15, 0.2) is 11.4 Å². The minimum Gasteiger partial charge on any atom is -0.456 e. The molecule has 0 aliphatic carbocycles. The van der Waals surface area contributed by atoms with E-state index in [-0.39, 0.29) is 17.9 Å². The molecule has 4 nitrogen and oxygen atoms in total. The third kappa shape index (κ3) is 3.73. The molecule has 1 atom stereocenters. The Labute approximate surface area is 130 Å². The summed E-state index contributed by atoms with van der Waals surface area (Å²) in [5.41, 5.74) is -3.30. The van der Waals surface area contributed by atoms with Crippen LogP contribution >= 0.6 is 0 Å². The molecule has 23 heavy (non-hydrogen) atoms. The largest absolute Gasteiger partial charge is 0.456 e. The highest BCUT2D eigenvalue weighted by Crippen LogP contribution is 2.41. The first-order chi connectivity index (χ1) is 10.7. The van der Waals surface area contributed by atoms with Crippen molar-refractivity contribution < 1.29 is 27.5 Å². The standard InChI is InChI=1S/C16H16F3NO3/c1-11-7-8-13(23-11)14(21)20-10-9-15(22,16(17,18)19)12-5-3-2-4-6-12/h2-8,22H,9-10H2,1H3,(H,20,21)/t15-/m0/s1. The van der Waals surface area contributed by atoms with Crippen LogP contribution in [0.5, 0.6) is 0 Å². The zero-order valence-electron chi connectivity index (χ0n) is 12.4. The number of alkyl halides is 3. The van der Waals surface area contributed by atoms with Crippen molar-refractivity contribution in [2.75, 3.05) is 6.54 Å². The first kappa shape index (κ1) is 17.1. The van der Waals surface area contributed by atoms with E-state index in [0.29, 0.717) is 5.76 Å². The molecule has 1 amide bonds. The number of hydrogen-bond acceptors (Lipinski definition) is 3. The molecule has 0 radical (unpaired) electrons. The highest BCUT2D eigenvalue weighted by Gasteiger charge is 2.54. The number of nitrogens with one attached hydrogen (secondary N) is 1. The summed E-state index contributed by atoms with van der Waals surface area (Å²) in [6.45, 7) is 1.29. The molecule has 0 unspecified atom stereocenters. The molecule has 0 aliphatic heterocycles. The average Bonchev–Trinajstić information content (AvgIpc) is 2.93. The van der Waals surface area contributed by atoms with E-state index in [2.05, 4.69) is 5.32 Å². The summed E-state index contributed by atoms with van der Waals surface area (Å²) in [5, 5.41) is 12.4. The van der Waals surface area contributed by atoms with Gasteiger partial charge < -0.3 is 14.8 Å². The fraction of sp³-hybridized carbons (Fsp3) is 0.312. The van der Waals surface area contributed by atoms with E-state index in [1.807, 2.05) is 0 Å². The lowest BCUT2D eigenvalue weighted by Gasteiger charge is -2.31. The Kier molecular flexibility index (Phi) is 4.79. The van der Waals surface area contributed by atoms with Gasteiger partial charge in [0.05, 0.1) is 0 Å². The Hall–Kier alpha value is -2.28. The van der Waals surface area contributed by atoms with Gasteiger partial charge in [-0.1, -0.05) is 30.3 Å². The van der Waals surface area contributed by atoms with Crippen LogP contribution in [0, 0.1) is 6.92 Å². The topological polar surface area (TPSA) is 62.5 Å². The number of furan rings is 1. The molecule has 2 aromatic rings. The summed E-state index contributed by atoms with van der Waals surface area (Å²) in [6.07, 6.45) is -5.56. The summed E-state index contributed by atoms with van der Waals surface area (Å²) in [4.78, 5) is 11.8. The number of benzene rings is 1. The van der Waals surface area contributed by atoms with Crippen molar-refractivity contribution in [2.45, 2.75) is 25.1 Å². The second-order valence-corrected chi connectivity index (χ2v) is 5.14. The zero-order chi connectivity index (χ0) is 17.1. The van der Waals surface area contributed by atoms with Crippen molar-refractivity contribution in [2.24, 2.45) is 0 Å². The number of carbonyl (C=O) groups is 1. The first-order valence-corrected chi connectivity index (χ1v) is 6.93. The highest BCUT2D eigenvalue weighted by atomic mass is 19.4. The quantitative estimate of drug-likeness (QED) is 0.887. The van der Waals surface area contributed by atoms with Crippen LogP contribution in [0.25, 0.3) is 0 Å². The first-order valence-electron chi connectivity index (χ1n) is 6.93. The maximum absolute atomic E-state index is 13.3. The normalized spacial score (nSPS) is 14.3. The van der Waals surface area contributed by atoms with Gasteiger partial charge in [-0.3, -0.25) is 4.79 Å². The van der Waals surface area contributed by atoms with Crippen LogP contribution in [0.4, 0.5) is 13.2 Å². The van der Waals surface area contributed by atoms with Gasteiger partial charge >= 0.3 is 6.18 Å². The Morgan fingerprint density at radius 3 is 2.35 bits per heavy atom. The van der Waals surface area contributed by atoms with E-state index in [0.717, 1.165) is 0 Å². The molecule has 7 heteroatoms. The molecule has 0 saturated heterocycles. The van der Waals surface area contributed by atoms with Crippen LogP contribution in [0.15, 0.2) is 46.9 Å². The van der Waals surface area contributed by atoms with Gasteiger partial charge in [-0.2, -0.15) is 13.2 Å². The van der Waals surface area contributed by atoms with Gasteiger partial charge in [-0.25, -0.2) is 0 Å². The minimum atomic E-state index is -4.86. The summed E-state index contributed by atoms with van der Waals surface area (Å²) in [5.74, 6) is -0.0975. The molecule has 0 saturated carbocycles. The monoisotopic (exact) mass is 327 g/mol. The Balaban J connectivity index is 2.07. The lowest BCUT2D eigenvalue weighted by molar-refractivity contribution is -0.268. The molecule has 1 aromatic carbocycles. The third-order valence-electron chi connectivity index (χ3n) is 3.46. The van der Waals surface area contributed by atoms with Crippen molar-refractivity contribution in [1.82, 2.24) is 5.32 Å². The SMILES string of the molecule is Cc1ccc(C(=O)NCC[C@](O)(c2ccccc2)C(F)(F)F)o1. The highest BCUT2D eigenvalue weighted by molar-refractivity contribution is 5.91. The van der Waals surface area contributed by atoms with E-state index in [9.17, 15) is 23.1 Å². The van der Waals surface area contributed by atoms with Crippen molar-refractivity contribution >= 4 is 5.91 Å². The predicted molar refractivity (Wildman–Crippen MR) is 76.8 cm³/mol. The lowest BCUT2D eigenvalue weighted by Crippen LogP contribution is -2.45. The van der Waals surface area contributed by atoms with Gasteiger partial charge in [0, 0.05) is 13.0 Å². The number of carbonyl (C=O) groups excluding carboxylic acids is 1. The third-order valence-corrected chi connectivity index (χ3v) is 3.46. The number of hydrogen-bond donors (Lipinski definition) is 2. The second-order valence-electron chi connectivity index (χ2n) is 5.14. The number of amides is 1. The molecule has 0 spiro atoms. The minimum absolute atomic E-state index is 0.0118. The van der Waals surface area contributed by atoms with Crippen LogP contribution in [0.2, 0.25) is 0 Å². The van der Waals surface area contributed by atoms with Crippen LogP contribution in [-0.4, -0.2) is 23.7 Å². The van der Waals surface area contributed by atoms with Crippen molar-refractivity contribution in [3.8, 4) is 0 Å². The summed E-state index contributed by atoms with van der Waals surface area (Å²) in [7, 11) is 0. The van der Waals surface area contributed by atoms with E-state index >= 15 is 0 Å². The Morgan fingerprint density at radius 1 is 1.17 bits per heavy atom. The molecule has 124 valence electrons. The van der Waals surface area contributed by atoms with Crippen LogP contribution in [-0.2, 0) is 5.60 Å². The van der Waals surface area contributed by atoms with Crippen LogP contribution in [0.1, 0.15) is 28.3 Å². The zero-order valence-corrected chi connectivity index (χ0v) is 12.4. The van der Waals surface area contributed by atoms with Gasteiger partial charge in [0.1, 0.15) is 5.76 Å². The van der Waals surface area contributed by atoms with E-state index in [1.54, 1.807) is 19.1 Å². The summed E-state index contributed by atoms with van der Waals surface area (Å²) >= 11 is 0. The van der Waals surface area contributed by atoms with E-state index in [4.69, 9.17) is 4.42 Å². The fourth-order valence-electron chi connectivity index (χ4n) is 2.16. The number of rotatable bonds is 5. The molecule has 0 bridgehead atoms. The van der Waals surface area contributed by atoms with Crippen molar-refractivity contribution in [3.63, 3.8) is 0 Å². The molecule has 2 N–H and O–H groups in total. The smallest absolute Gasteiger partial charge is 0.421 e. The number of aliphatic hydroxyl groups is 1. The maximum Gasteiger partial charge on any atom is 0.421 e. The van der Waals surface area contributed by atoms with Gasteiger partial charge in [0.25, 0.3) is 5.91 Å². The predicted octanol–water partition coefficient (Wildman–Crippen LogP) is 3.16. The summed E-state index contributed by atoms with van der Waals surface area (Å²) in [6, 6.07) is 9.78. The molecular weight excluding hydrogens is 311 g/mol. The second kappa shape index (κ2) is 6.45.